The van der Waals surface area contributed by atoms with Crippen molar-refractivity contribution >= 4 is 16.5 Å². The molecule has 0 radical (unpaired) electrons. The largest absolute Gasteiger partial charge is 0.347 e. The Bertz CT molecular complexity index is 400. The average Bonchev–Trinajstić information content (AvgIpc) is 2.75. The molecule has 1 aromatic heterocycles. The van der Waals surface area contributed by atoms with Gasteiger partial charge in [0, 0.05) is 30.6 Å². The van der Waals surface area contributed by atoms with E-state index in [2.05, 4.69) is 54.3 Å². The van der Waals surface area contributed by atoms with Crippen molar-refractivity contribution in [3.05, 3.63) is 11.1 Å². The van der Waals surface area contributed by atoms with Crippen molar-refractivity contribution in [1.82, 2.24) is 10.3 Å². The molecule has 0 amide bonds. The van der Waals surface area contributed by atoms with Gasteiger partial charge in [-0.15, -0.1) is 11.3 Å². The molecular formula is C13H22N4S. The minimum Gasteiger partial charge on any atom is -0.347 e. The van der Waals surface area contributed by atoms with Crippen molar-refractivity contribution in [2.75, 3.05) is 18.0 Å². The minimum atomic E-state index is 0.106. The normalized spacial score (nSPS) is 11.3. The van der Waals surface area contributed by atoms with Crippen LogP contribution in [-0.4, -0.2) is 23.6 Å². The summed E-state index contributed by atoms with van der Waals surface area (Å²) in [6, 6.07) is 2.18. The lowest BCUT2D eigenvalue weighted by atomic mass is 10.1. The van der Waals surface area contributed by atoms with Crippen LogP contribution in [0.4, 0.5) is 5.13 Å². The van der Waals surface area contributed by atoms with Gasteiger partial charge in [0.2, 0.25) is 0 Å². The molecule has 0 fully saturated rings. The number of hydrogen-bond donors (Lipinski definition) is 1. The van der Waals surface area contributed by atoms with Crippen LogP contribution in [0.15, 0.2) is 5.38 Å². The van der Waals surface area contributed by atoms with Crippen molar-refractivity contribution in [2.24, 2.45) is 0 Å². The zero-order chi connectivity index (χ0) is 13.6. The van der Waals surface area contributed by atoms with E-state index in [0.717, 1.165) is 30.5 Å². The number of nitrogens with one attached hydrogen (secondary N) is 1. The van der Waals surface area contributed by atoms with Crippen molar-refractivity contribution in [1.29, 1.82) is 5.26 Å². The summed E-state index contributed by atoms with van der Waals surface area (Å²) in [5.74, 6) is 0. The first-order valence-corrected chi connectivity index (χ1v) is 7.15. The van der Waals surface area contributed by atoms with Crippen molar-refractivity contribution in [3.8, 4) is 6.07 Å². The second kappa shape index (κ2) is 6.72. The Morgan fingerprint density at radius 3 is 2.78 bits per heavy atom. The molecule has 0 aliphatic rings. The molecule has 1 aromatic rings. The summed E-state index contributed by atoms with van der Waals surface area (Å²) in [6.07, 6.45) is 0.545. The molecule has 0 saturated carbocycles. The van der Waals surface area contributed by atoms with E-state index in [1.807, 2.05) is 0 Å². The number of hydrogen-bond acceptors (Lipinski definition) is 5. The summed E-state index contributed by atoms with van der Waals surface area (Å²) in [6.45, 7) is 11.0. The Balaban J connectivity index is 2.58. The van der Waals surface area contributed by atoms with Crippen molar-refractivity contribution in [2.45, 2.75) is 46.2 Å². The third-order valence-electron chi connectivity index (χ3n) is 2.49. The van der Waals surface area contributed by atoms with Crippen LogP contribution in [0.1, 0.15) is 39.8 Å². The van der Waals surface area contributed by atoms with Crippen LogP contribution in [-0.2, 0) is 6.54 Å². The first-order valence-electron chi connectivity index (χ1n) is 6.27. The van der Waals surface area contributed by atoms with Gasteiger partial charge in [0.15, 0.2) is 5.13 Å². The number of rotatable bonds is 6. The molecule has 1 rings (SSSR count). The molecule has 18 heavy (non-hydrogen) atoms. The molecule has 0 bridgehead atoms. The molecule has 0 aliphatic heterocycles. The molecule has 0 aliphatic carbocycles. The monoisotopic (exact) mass is 266 g/mol. The predicted octanol–water partition coefficient (Wildman–Crippen LogP) is 2.77. The van der Waals surface area contributed by atoms with Crippen LogP contribution in [0.3, 0.4) is 0 Å². The lowest BCUT2D eigenvalue weighted by molar-refractivity contribution is 0.422. The second-order valence-corrected chi connectivity index (χ2v) is 6.05. The Morgan fingerprint density at radius 2 is 2.22 bits per heavy atom. The van der Waals surface area contributed by atoms with E-state index < -0.39 is 0 Å². The zero-order valence-corrected chi connectivity index (χ0v) is 12.5. The summed E-state index contributed by atoms with van der Waals surface area (Å²) in [5.41, 5.74) is 1.18. The van der Waals surface area contributed by atoms with E-state index in [-0.39, 0.29) is 5.54 Å². The van der Waals surface area contributed by atoms with Crippen LogP contribution in [0, 0.1) is 11.3 Å². The molecule has 5 heteroatoms. The maximum atomic E-state index is 8.63. The molecule has 0 spiro atoms. The lowest BCUT2D eigenvalue weighted by Gasteiger charge is -2.20. The molecule has 1 heterocycles. The van der Waals surface area contributed by atoms with Crippen molar-refractivity contribution < 1.29 is 0 Å². The first-order chi connectivity index (χ1) is 8.46. The minimum absolute atomic E-state index is 0.106. The van der Waals surface area contributed by atoms with Gasteiger partial charge in [-0.3, -0.25) is 0 Å². The molecule has 4 nitrogen and oxygen atoms in total. The topological polar surface area (TPSA) is 52.0 Å². The van der Waals surface area contributed by atoms with Gasteiger partial charge in [0.05, 0.1) is 18.2 Å². The highest BCUT2D eigenvalue weighted by atomic mass is 32.1. The van der Waals surface area contributed by atoms with E-state index in [1.54, 1.807) is 11.3 Å². The van der Waals surface area contributed by atoms with Gasteiger partial charge < -0.3 is 10.2 Å². The Kier molecular flexibility index (Phi) is 5.57. The third kappa shape index (κ3) is 5.03. The first kappa shape index (κ1) is 14.9. The van der Waals surface area contributed by atoms with Gasteiger partial charge in [-0.25, -0.2) is 4.98 Å². The summed E-state index contributed by atoms with van der Waals surface area (Å²) in [5, 5.41) is 15.2. The van der Waals surface area contributed by atoms with E-state index in [1.165, 1.54) is 0 Å². The van der Waals surface area contributed by atoms with Gasteiger partial charge in [0.25, 0.3) is 0 Å². The fourth-order valence-corrected chi connectivity index (χ4v) is 2.37. The number of thiazole rings is 1. The van der Waals surface area contributed by atoms with Gasteiger partial charge in [0.1, 0.15) is 0 Å². The van der Waals surface area contributed by atoms with E-state index in [9.17, 15) is 0 Å². The maximum absolute atomic E-state index is 8.63. The average molecular weight is 266 g/mol. The highest BCUT2D eigenvalue weighted by Gasteiger charge is 2.12. The van der Waals surface area contributed by atoms with Crippen LogP contribution in [0.25, 0.3) is 0 Å². The molecule has 0 saturated heterocycles. The zero-order valence-electron chi connectivity index (χ0n) is 11.7. The smallest absolute Gasteiger partial charge is 0.185 e. The lowest BCUT2D eigenvalue weighted by Crippen LogP contribution is -2.35. The number of nitriles is 1. The Hall–Kier alpha value is -1.12. The van der Waals surface area contributed by atoms with E-state index in [4.69, 9.17) is 5.26 Å². The SMILES string of the molecule is CCN(CCC#N)c1nc(CNC(C)(C)C)cs1. The van der Waals surface area contributed by atoms with Gasteiger partial charge in [-0.1, -0.05) is 0 Å². The molecular weight excluding hydrogens is 244 g/mol. The molecule has 100 valence electrons. The Morgan fingerprint density at radius 1 is 1.50 bits per heavy atom. The molecule has 0 unspecified atom stereocenters. The van der Waals surface area contributed by atoms with Gasteiger partial charge >= 0.3 is 0 Å². The quantitative estimate of drug-likeness (QED) is 0.860. The molecule has 1 N–H and O–H groups in total. The number of aromatic nitrogens is 1. The van der Waals surface area contributed by atoms with Gasteiger partial charge in [-0.2, -0.15) is 5.26 Å². The van der Waals surface area contributed by atoms with Crippen LogP contribution < -0.4 is 10.2 Å². The number of nitrogens with zero attached hydrogens (tertiary/aromatic N) is 3. The van der Waals surface area contributed by atoms with Crippen LogP contribution in [0.5, 0.6) is 0 Å². The van der Waals surface area contributed by atoms with E-state index in [0.29, 0.717) is 6.42 Å². The fraction of sp³-hybridized carbons (Fsp3) is 0.692. The summed E-state index contributed by atoms with van der Waals surface area (Å²) in [7, 11) is 0. The third-order valence-corrected chi connectivity index (χ3v) is 3.44. The summed E-state index contributed by atoms with van der Waals surface area (Å²) >= 11 is 1.65. The highest BCUT2D eigenvalue weighted by Crippen LogP contribution is 2.20. The predicted molar refractivity (Wildman–Crippen MR) is 76.8 cm³/mol. The number of anilines is 1. The molecule has 0 aromatic carbocycles. The summed E-state index contributed by atoms with van der Waals surface area (Å²) in [4.78, 5) is 6.76. The van der Waals surface area contributed by atoms with Crippen LogP contribution >= 0.6 is 11.3 Å². The van der Waals surface area contributed by atoms with E-state index >= 15 is 0 Å². The van der Waals surface area contributed by atoms with Crippen LogP contribution in [0.2, 0.25) is 0 Å². The maximum Gasteiger partial charge on any atom is 0.185 e. The van der Waals surface area contributed by atoms with Crippen molar-refractivity contribution in [3.63, 3.8) is 0 Å². The summed E-state index contributed by atoms with van der Waals surface area (Å²) < 4.78 is 0. The standard InChI is InChI=1S/C13H22N4S/c1-5-17(8-6-7-14)12-16-11(10-18-12)9-15-13(2,3)4/h10,15H,5-6,8-9H2,1-4H3. The second-order valence-electron chi connectivity index (χ2n) is 5.21. The fourth-order valence-electron chi connectivity index (χ4n) is 1.45. The Labute approximate surface area is 114 Å². The van der Waals surface area contributed by atoms with Gasteiger partial charge in [-0.05, 0) is 27.7 Å². The molecule has 0 atom stereocenters. The highest BCUT2D eigenvalue weighted by molar-refractivity contribution is 7.13.